The molecule has 0 bridgehead atoms. The van der Waals surface area contributed by atoms with Crippen molar-refractivity contribution >= 4 is 15.7 Å². The number of hydrogen-bond donors (Lipinski definition) is 1. The van der Waals surface area contributed by atoms with E-state index in [-0.39, 0.29) is 36.0 Å². The van der Waals surface area contributed by atoms with Crippen molar-refractivity contribution in [3.05, 3.63) is 71.8 Å². The van der Waals surface area contributed by atoms with E-state index in [2.05, 4.69) is 24.3 Å². The number of quaternary nitrogens is 1. The van der Waals surface area contributed by atoms with E-state index < -0.39 is 9.84 Å². The van der Waals surface area contributed by atoms with E-state index in [1.165, 1.54) is 0 Å². The van der Waals surface area contributed by atoms with Gasteiger partial charge in [0, 0.05) is 24.2 Å². The number of sulfone groups is 1. The molecule has 1 fully saturated rings. The Balaban J connectivity index is 1.69. The lowest BCUT2D eigenvalue weighted by Crippen LogP contribution is -2.87. The standard InChI is InChI=1S/C20H24N2O3S/c1-22(18-12-13-26(24,25)15-18)19(23)14-21-20(16-8-4-2-5-9-16)17-10-6-3-7-11-17/h2-11,18,20-21H,12-15H2,1H3/p+1/t18-/m0/s1. The molecule has 2 aromatic carbocycles. The van der Waals surface area contributed by atoms with Crippen LogP contribution in [0.5, 0.6) is 0 Å². The minimum absolute atomic E-state index is 0.0297. The highest BCUT2D eigenvalue weighted by molar-refractivity contribution is 7.91. The summed E-state index contributed by atoms with van der Waals surface area (Å²) >= 11 is 0. The van der Waals surface area contributed by atoms with Crippen molar-refractivity contribution in [3.8, 4) is 0 Å². The van der Waals surface area contributed by atoms with E-state index in [1.54, 1.807) is 11.9 Å². The molecule has 1 heterocycles. The number of likely N-dealkylation sites (N-methyl/N-ethyl adjacent to an activating group) is 1. The molecule has 26 heavy (non-hydrogen) atoms. The zero-order chi connectivity index (χ0) is 18.6. The number of carbonyl (C=O) groups excluding carboxylic acids is 1. The first-order chi connectivity index (χ1) is 12.5. The third-order valence-electron chi connectivity index (χ3n) is 5.00. The van der Waals surface area contributed by atoms with Crippen LogP contribution >= 0.6 is 0 Å². The summed E-state index contributed by atoms with van der Waals surface area (Å²) < 4.78 is 23.3. The maximum atomic E-state index is 12.6. The molecule has 1 saturated heterocycles. The van der Waals surface area contributed by atoms with Crippen LogP contribution in [-0.4, -0.2) is 50.4 Å². The van der Waals surface area contributed by atoms with Crippen LogP contribution in [0.4, 0.5) is 0 Å². The van der Waals surface area contributed by atoms with Gasteiger partial charge in [-0.2, -0.15) is 0 Å². The van der Waals surface area contributed by atoms with Crippen LogP contribution < -0.4 is 5.32 Å². The molecular formula is C20H25N2O3S+. The normalized spacial score (nSPS) is 18.8. The first kappa shape index (κ1) is 18.6. The zero-order valence-electron chi connectivity index (χ0n) is 14.9. The Kier molecular flexibility index (Phi) is 5.74. The van der Waals surface area contributed by atoms with Gasteiger partial charge in [-0.1, -0.05) is 60.7 Å². The molecule has 0 unspecified atom stereocenters. The minimum atomic E-state index is -3.00. The van der Waals surface area contributed by atoms with Crippen molar-refractivity contribution in [1.29, 1.82) is 0 Å². The number of hydrogen-bond acceptors (Lipinski definition) is 3. The SMILES string of the molecule is CN(C(=O)C[NH2+]C(c1ccccc1)c1ccccc1)[C@H]1CCS(=O)(=O)C1. The van der Waals surface area contributed by atoms with Crippen LogP contribution in [0, 0.1) is 0 Å². The van der Waals surface area contributed by atoms with Crippen molar-refractivity contribution in [2.75, 3.05) is 25.1 Å². The third kappa shape index (κ3) is 4.51. The zero-order valence-corrected chi connectivity index (χ0v) is 15.7. The summed E-state index contributed by atoms with van der Waals surface area (Å²) in [6.45, 7) is 0.279. The molecule has 1 aliphatic heterocycles. The third-order valence-corrected chi connectivity index (χ3v) is 6.75. The summed E-state index contributed by atoms with van der Waals surface area (Å²) in [6.07, 6.45) is 0.533. The maximum Gasteiger partial charge on any atom is 0.277 e. The van der Waals surface area contributed by atoms with Crippen molar-refractivity contribution < 1.29 is 18.5 Å². The van der Waals surface area contributed by atoms with E-state index >= 15 is 0 Å². The number of nitrogens with zero attached hydrogens (tertiary/aromatic N) is 1. The number of rotatable bonds is 6. The average Bonchev–Trinajstić information content (AvgIpc) is 3.02. The van der Waals surface area contributed by atoms with Crippen LogP contribution in [0.2, 0.25) is 0 Å². The summed E-state index contributed by atoms with van der Waals surface area (Å²) in [5, 5.41) is 2.02. The molecule has 0 radical (unpaired) electrons. The largest absolute Gasteiger partial charge is 0.337 e. The quantitative estimate of drug-likeness (QED) is 0.821. The van der Waals surface area contributed by atoms with E-state index in [1.807, 2.05) is 41.7 Å². The van der Waals surface area contributed by atoms with Crippen molar-refractivity contribution in [3.63, 3.8) is 0 Å². The van der Waals surface area contributed by atoms with Crippen LogP contribution in [-0.2, 0) is 14.6 Å². The highest BCUT2D eigenvalue weighted by atomic mass is 32.2. The van der Waals surface area contributed by atoms with Crippen molar-refractivity contribution in [2.45, 2.75) is 18.5 Å². The van der Waals surface area contributed by atoms with Gasteiger partial charge >= 0.3 is 0 Å². The van der Waals surface area contributed by atoms with Gasteiger partial charge in [-0.3, -0.25) is 4.79 Å². The van der Waals surface area contributed by atoms with Gasteiger partial charge < -0.3 is 10.2 Å². The molecule has 2 aromatic rings. The molecule has 138 valence electrons. The highest BCUT2D eigenvalue weighted by Gasteiger charge is 2.33. The summed E-state index contributed by atoms with van der Waals surface area (Å²) in [5.74, 6) is 0.218. The second kappa shape index (κ2) is 8.01. The maximum absolute atomic E-state index is 12.6. The van der Waals surface area contributed by atoms with Crippen LogP contribution in [0.1, 0.15) is 23.6 Å². The minimum Gasteiger partial charge on any atom is -0.337 e. The van der Waals surface area contributed by atoms with Crippen molar-refractivity contribution in [2.24, 2.45) is 0 Å². The first-order valence-corrected chi connectivity index (χ1v) is 10.7. The predicted molar refractivity (Wildman–Crippen MR) is 101 cm³/mol. The molecular weight excluding hydrogens is 348 g/mol. The molecule has 3 rings (SSSR count). The highest BCUT2D eigenvalue weighted by Crippen LogP contribution is 2.18. The van der Waals surface area contributed by atoms with E-state index in [9.17, 15) is 13.2 Å². The summed E-state index contributed by atoms with van der Waals surface area (Å²) in [5.41, 5.74) is 2.27. The van der Waals surface area contributed by atoms with Gasteiger partial charge in [0.25, 0.3) is 5.91 Å². The van der Waals surface area contributed by atoms with Crippen LogP contribution in [0.15, 0.2) is 60.7 Å². The molecule has 1 aliphatic rings. The fraction of sp³-hybridized carbons (Fsp3) is 0.350. The number of nitrogens with two attached hydrogens (primary N) is 1. The Labute approximate surface area is 154 Å². The number of amides is 1. The predicted octanol–water partition coefficient (Wildman–Crippen LogP) is 0.985. The topological polar surface area (TPSA) is 71.1 Å². The lowest BCUT2D eigenvalue weighted by molar-refractivity contribution is -0.677. The molecule has 5 nitrogen and oxygen atoms in total. The average molecular weight is 373 g/mol. The number of benzene rings is 2. The van der Waals surface area contributed by atoms with Crippen molar-refractivity contribution in [1.82, 2.24) is 4.90 Å². The Morgan fingerprint density at radius 1 is 1.08 bits per heavy atom. The molecule has 0 saturated carbocycles. The summed E-state index contributed by atoms with van der Waals surface area (Å²) in [6, 6.07) is 20.0. The fourth-order valence-corrected chi connectivity index (χ4v) is 5.21. The second-order valence-electron chi connectivity index (χ2n) is 6.80. The molecule has 1 amide bonds. The molecule has 0 spiro atoms. The van der Waals surface area contributed by atoms with E-state index in [4.69, 9.17) is 0 Å². The Morgan fingerprint density at radius 3 is 2.08 bits per heavy atom. The Bertz CT molecular complexity index is 798. The number of carbonyl (C=O) groups is 1. The molecule has 2 N–H and O–H groups in total. The monoisotopic (exact) mass is 373 g/mol. The van der Waals surface area contributed by atoms with Crippen LogP contribution in [0.3, 0.4) is 0 Å². The van der Waals surface area contributed by atoms with Gasteiger partial charge in [0.05, 0.1) is 11.5 Å². The van der Waals surface area contributed by atoms with E-state index in [0.29, 0.717) is 6.42 Å². The van der Waals surface area contributed by atoms with Gasteiger partial charge in [0.2, 0.25) is 0 Å². The van der Waals surface area contributed by atoms with Crippen LogP contribution in [0.25, 0.3) is 0 Å². The Hall–Kier alpha value is -2.18. The molecule has 1 atom stereocenters. The molecule has 0 aliphatic carbocycles. The van der Waals surface area contributed by atoms with Gasteiger partial charge in [-0.15, -0.1) is 0 Å². The fourth-order valence-electron chi connectivity index (χ4n) is 3.43. The van der Waals surface area contributed by atoms with Gasteiger partial charge in [0.1, 0.15) is 6.04 Å². The second-order valence-corrected chi connectivity index (χ2v) is 9.03. The first-order valence-electron chi connectivity index (χ1n) is 8.85. The van der Waals surface area contributed by atoms with E-state index in [0.717, 1.165) is 11.1 Å². The van der Waals surface area contributed by atoms with Gasteiger partial charge in [-0.05, 0) is 6.42 Å². The van der Waals surface area contributed by atoms with Gasteiger partial charge in [0.15, 0.2) is 16.4 Å². The molecule has 0 aromatic heterocycles. The smallest absolute Gasteiger partial charge is 0.277 e. The lowest BCUT2D eigenvalue weighted by Gasteiger charge is -2.24. The summed E-state index contributed by atoms with van der Waals surface area (Å²) in [7, 11) is -1.29. The summed E-state index contributed by atoms with van der Waals surface area (Å²) in [4.78, 5) is 14.2. The lowest BCUT2D eigenvalue weighted by atomic mass is 9.99. The molecule has 6 heteroatoms. The van der Waals surface area contributed by atoms with Gasteiger partial charge in [-0.25, -0.2) is 8.42 Å². The Morgan fingerprint density at radius 2 is 1.62 bits per heavy atom.